The highest BCUT2D eigenvalue weighted by atomic mass is 16.6. The molecule has 0 unspecified atom stereocenters. The summed E-state index contributed by atoms with van der Waals surface area (Å²) < 4.78 is 15.8. The summed E-state index contributed by atoms with van der Waals surface area (Å²) in [5.74, 6) is 0.535. The molecule has 0 saturated carbocycles. The number of aliphatic imine (C=N–C) groups is 1. The van der Waals surface area contributed by atoms with Gasteiger partial charge >= 0.3 is 12.1 Å². The van der Waals surface area contributed by atoms with Crippen LogP contribution in [0, 0.1) is 0 Å². The van der Waals surface area contributed by atoms with Crippen LogP contribution in [0.5, 0.6) is 0 Å². The Kier molecular flexibility index (Phi) is 7.65. The molecule has 0 bridgehead atoms. The van der Waals surface area contributed by atoms with Crippen LogP contribution in [0.1, 0.15) is 34.1 Å². The minimum atomic E-state index is -0.492. The van der Waals surface area contributed by atoms with Gasteiger partial charge in [-0.05, 0) is 34.1 Å². The molecule has 2 aliphatic rings. The summed E-state index contributed by atoms with van der Waals surface area (Å²) >= 11 is 0. The number of amidine groups is 1. The molecule has 27 heavy (non-hydrogen) atoms. The van der Waals surface area contributed by atoms with Crippen molar-refractivity contribution in [3.63, 3.8) is 0 Å². The number of ether oxygens (including phenoxy) is 3. The minimum absolute atomic E-state index is 0.0646. The van der Waals surface area contributed by atoms with Gasteiger partial charge in [0.05, 0.1) is 13.2 Å². The predicted molar refractivity (Wildman–Crippen MR) is 102 cm³/mol. The van der Waals surface area contributed by atoms with Gasteiger partial charge in [0.25, 0.3) is 0 Å². The van der Waals surface area contributed by atoms with E-state index in [1.807, 2.05) is 20.8 Å². The second-order valence-corrected chi connectivity index (χ2v) is 7.48. The third-order valence-electron chi connectivity index (χ3n) is 4.08. The van der Waals surface area contributed by atoms with Gasteiger partial charge in [-0.3, -0.25) is 4.99 Å². The fraction of sp³-hybridized carbons (Fsp3) is 0.737. The summed E-state index contributed by atoms with van der Waals surface area (Å²) in [5, 5.41) is 0. The number of carbonyl (C=O) groups is 2. The van der Waals surface area contributed by atoms with E-state index in [1.165, 1.54) is 0 Å². The van der Waals surface area contributed by atoms with Crippen molar-refractivity contribution in [3.8, 4) is 0 Å². The summed E-state index contributed by atoms with van der Waals surface area (Å²) in [5.41, 5.74) is 0.490. The molecule has 0 aromatic heterocycles. The van der Waals surface area contributed by atoms with Crippen LogP contribution in [-0.2, 0) is 19.0 Å². The van der Waals surface area contributed by atoms with Gasteiger partial charge in [-0.2, -0.15) is 0 Å². The maximum absolute atomic E-state index is 12.2. The Bertz CT molecular complexity index is 587. The molecular formula is C19H31N3O5. The highest BCUT2D eigenvalue weighted by Gasteiger charge is 2.28. The summed E-state index contributed by atoms with van der Waals surface area (Å²) in [7, 11) is 0. The van der Waals surface area contributed by atoms with E-state index in [1.54, 1.807) is 11.8 Å². The largest absolute Gasteiger partial charge is 0.464 e. The Balaban J connectivity index is 1.84. The molecule has 0 aliphatic carbocycles. The number of carbonyl (C=O) groups excluding carboxylic acids is 2. The van der Waals surface area contributed by atoms with Crippen LogP contribution in [0.2, 0.25) is 0 Å². The van der Waals surface area contributed by atoms with Crippen molar-refractivity contribution in [1.82, 2.24) is 9.80 Å². The molecule has 2 heterocycles. The zero-order valence-electron chi connectivity index (χ0n) is 16.8. The number of amides is 1. The molecule has 2 aliphatic heterocycles. The second kappa shape index (κ2) is 9.73. The predicted octanol–water partition coefficient (Wildman–Crippen LogP) is 1.85. The molecule has 8 heteroatoms. The maximum Gasteiger partial charge on any atom is 0.410 e. The van der Waals surface area contributed by atoms with Gasteiger partial charge in [0.15, 0.2) is 0 Å². The summed E-state index contributed by atoms with van der Waals surface area (Å²) in [6, 6.07) is 0. The lowest BCUT2D eigenvalue weighted by molar-refractivity contribution is -0.148. The van der Waals surface area contributed by atoms with Gasteiger partial charge in [0.1, 0.15) is 18.0 Å². The van der Waals surface area contributed by atoms with E-state index in [-0.39, 0.29) is 18.7 Å². The Morgan fingerprint density at radius 2 is 1.89 bits per heavy atom. The van der Waals surface area contributed by atoms with E-state index in [0.29, 0.717) is 39.4 Å². The topological polar surface area (TPSA) is 80.7 Å². The standard InChI is InChI=1S/C19H31N3O5/c1-5-26-16(23)14-25-13-15-7-6-8-20-17(15)21-9-11-22(12-10-21)18(24)27-19(2,3)4/h7H,5-6,8-14H2,1-4H3. The van der Waals surface area contributed by atoms with Crippen molar-refractivity contribution >= 4 is 17.9 Å². The Labute approximate surface area is 161 Å². The molecule has 0 aromatic rings. The summed E-state index contributed by atoms with van der Waals surface area (Å²) in [4.78, 5) is 32.1. The first kappa shape index (κ1) is 21.2. The molecule has 152 valence electrons. The number of esters is 1. The quantitative estimate of drug-likeness (QED) is 0.676. The highest BCUT2D eigenvalue weighted by molar-refractivity contribution is 5.99. The molecule has 1 saturated heterocycles. The van der Waals surface area contributed by atoms with Gasteiger partial charge < -0.3 is 24.0 Å². The van der Waals surface area contributed by atoms with Crippen LogP contribution in [0.4, 0.5) is 4.79 Å². The Morgan fingerprint density at radius 3 is 2.52 bits per heavy atom. The number of piperazine rings is 1. The molecule has 0 atom stereocenters. The monoisotopic (exact) mass is 381 g/mol. The molecule has 0 N–H and O–H groups in total. The van der Waals surface area contributed by atoms with Crippen LogP contribution < -0.4 is 0 Å². The van der Waals surface area contributed by atoms with Gasteiger partial charge in [-0.25, -0.2) is 9.59 Å². The van der Waals surface area contributed by atoms with Crippen molar-refractivity contribution in [2.75, 3.05) is 52.5 Å². The molecule has 0 radical (unpaired) electrons. The minimum Gasteiger partial charge on any atom is -0.464 e. The van der Waals surface area contributed by atoms with Crippen molar-refractivity contribution in [3.05, 3.63) is 11.6 Å². The third-order valence-corrected chi connectivity index (χ3v) is 4.08. The van der Waals surface area contributed by atoms with Gasteiger partial charge in [0, 0.05) is 38.3 Å². The molecule has 2 rings (SSSR count). The normalized spacial score (nSPS) is 17.9. The molecule has 1 amide bonds. The molecule has 0 aromatic carbocycles. The average Bonchev–Trinajstić information content (AvgIpc) is 2.61. The van der Waals surface area contributed by atoms with Crippen LogP contribution in [0.25, 0.3) is 0 Å². The maximum atomic E-state index is 12.2. The lowest BCUT2D eigenvalue weighted by Gasteiger charge is -2.38. The molecule has 0 spiro atoms. The number of nitrogens with zero attached hydrogens (tertiary/aromatic N) is 3. The van der Waals surface area contributed by atoms with Gasteiger partial charge in [-0.1, -0.05) is 6.08 Å². The smallest absolute Gasteiger partial charge is 0.410 e. The van der Waals surface area contributed by atoms with Gasteiger partial charge in [-0.15, -0.1) is 0 Å². The fourth-order valence-electron chi connectivity index (χ4n) is 2.90. The zero-order valence-corrected chi connectivity index (χ0v) is 16.8. The fourth-order valence-corrected chi connectivity index (χ4v) is 2.90. The third kappa shape index (κ3) is 6.86. The first-order valence-electron chi connectivity index (χ1n) is 9.50. The van der Waals surface area contributed by atoms with Crippen molar-refractivity contribution < 1.29 is 23.8 Å². The van der Waals surface area contributed by atoms with Crippen molar-refractivity contribution in [1.29, 1.82) is 0 Å². The summed E-state index contributed by atoms with van der Waals surface area (Å²) in [6.45, 7) is 11.3. The SMILES string of the molecule is CCOC(=O)COCC1=CCCN=C1N1CCN(C(=O)OC(C)(C)C)CC1. The number of dihydropyridines is 1. The van der Waals surface area contributed by atoms with Crippen LogP contribution >= 0.6 is 0 Å². The second-order valence-electron chi connectivity index (χ2n) is 7.48. The van der Waals surface area contributed by atoms with E-state index in [2.05, 4.69) is 16.0 Å². The lowest BCUT2D eigenvalue weighted by Crippen LogP contribution is -2.52. The average molecular weight is 381 g/mol. The van der Waals surface area contributed by atoms with Crippen molar-refractivity contribution in [2.24, 2.45) is 4.99 Å². The first-order valence-corrected chi connectivity index (χ1v) is 9.50. The van der Waals surface area contributed by atoms with Crippen molar-refractivity contribution in [2.45, 2.75) is 39.7 Å². The molecule has 8 nitrogen and oxygen atoms in total. The zero-order chi connectivity index (χ0) is 19.9. The summed E-state index contributed by atoms with van der Waals surface area (Å²) in [6.07, 6.45) is 2.69. The highest BCUT2D eigenvalue weighted by Crippen LogP contribution is 2.16. The van der Waals surface area contributed by atoms with E-state index in [4.69, 9.17) is 14.2 Å². The van der Waals surface area contributed by atoms with Gasteiger partial charge in [0.2, 0.25) is 0 Å². The Hall–Kier alpha value is -2.09. The molecule has 1 fully saturated rings. The van der Waals surface area contributed by atoms with E-state index >= 15 is 0 Å². The number of hydrogen-bond donors (Lipinski definition) is 0. The van der Waals surface area contributed by atoms with E-state index in [0.717, 1.165) is 24.4 Å². The van der Waals surface area contributed by atoms with E-state index < -0.39 is 5.60 Å². The van der Waals surface area contributed by atoms with Crippen LogP contribution in [0.15, 0.2) is 16.6 Å². The number of rotatable bonds is 5. The van der Waals surface area contributed by atoms with Crippen LogP contribution in [-0.4, -0.2) is 85.8 Å². The lowest BCUT2D eigenvalue weighted by atomic mass is 10.1. The van der Waals surface area contributed by atoms with Crippen LogP contribution in [0.3, 0.4) is 0 Å². The number of hydrogen-bond acceptors (Lipinski definition) is 7. The Morgan fingerprint density at radius 1 is 1.19 bits per heavy atom. The first-order chi connectivity index (χ1) is 12.8. The molecular weight excluding hydrogens is 350 g/mol. The van der Waals surface area contributed by atoms with E-state index in [9.17, 15) is 9.59 Å².